The molecule has 1 amide bonds. The van der Waals surface area contributed by atoms with Crippen LogP contribution >= 0.6 is 11.8 Å². The van der Waals surface area contributed by atoms with Gasteiger partial charge in [0.25, 0.3) is 5.91 Å². The summed E-state index contributed by atoms with van der Waals surface area (Å²) in [6.07, 6.45) is 1.85. The van der Waals surface area contributed by atoms with Crippen molar-refractivity contribution in [1.29, 1.82) is 0 Å². The lowest BCUT2D eigenvalue weighted by atomic mass is 10.2. The summed E-state index contributed by atoms with van der Waals surface area (Å²) in [5, 5.41) is 9.22. The van der Waals surface area contributed by atoms with Gasteiger partial charge in [0.05, 0.1) is 0 Å². The molecule has 1 N–H and O–H groups in total. The van der Waals surface area contributed by atoms with Crippen LogP contribution in [0.3, 0.4) is 0 Å². The molecular weight excluding hydrogens is 264 g/mol. The molecule has 1 atom stereocenters. The Bertz CT molecular complexity index is 484. The van der Waals surface area contributed by atoms with Crippen LogP contribution in [0.1, 0.15) is 30.4 Å². The van der Waals surface area contributed by atoms with Crippen molar-refractivity contribution >= 4 is 23.6 Å². The van der Waals surface area contributed by atoms with Crippen molar-refractivity contribution in [3.05, 3.63) is 24.0 Å². The molecule has 104 valence electrons. The molecule has 2 rings (SSSR count). The molecule has 1 aromatic heterocycles. The number of carbonyl (C=O) groups is 2. The van der Waals surface area contributed by atoms with Crippen LogP contribution in [0.4, 0.5) is 0 Å². The minimum atomic E-state index is -0.928. The fourth-order valence-electron chi connectivity index (χ4n) is 2.22. The highest BCUT2D eigenvalue weighted by atomic mass is 32.2. The Kier molecular flexibility index (Phi) is 4.19. The predicted molar refractivity (Wildman–Crippen MR) is 74.6 cm³/mol. The minimum absolute atomic E-state index is 0.177. The van der Waals surface area contributed by atoms with E-state index >= 15 is 0 Å². The smallest absolute Gasteiger partial charge is 0.327 e. The first-order chi connectivity index (χ1) is 9.02. The van der Waals surface area contributed by atoms with E-state index in [9.17, 15) is 14.7 Å². The highest BCUT2D eigenvalue weighted by molar-refractivity contribution is 7.99. The first-order valence-corrected chi connectivity index (χ1v) is 7.46. The maximum atomic E-state index is 12.5. The predicted octanol–water partition coefficient (Wildman–Crippen LogP) is 1.71. The third-order valence-corrected chi connectivity index (χ3v) is 4.25. The summed E-state index contributed by atoms with van der Waals surface area (Å²) >= 11 is 1.58. The Balaban J connectivity index is 2.26. The van der Waals surface area contributed by atoms with E-state index in [1.165, 1.54) is 4.90 Å². The summed E-state index contributed by atoms with van der Waals surface area (Å²) < 4.78 is 1.88. The zero-order chi connectivity index (χ0) is 14.0. The standard InChI is InChI=1S/C13H18N2O3S/c1-9(2)14-5-3-4-10(14)12(16)15-6-7-19-8-11(15)13(17)18/h3-5,9,11H,6-8H2,1-2H3,(H,17,18). The Hall–Kier alpha value is -1.43. The molecule has 1 aliphatic rings. The van der Waals surface area contributed by atoms with Gasteiger partial charge in [-0.2, -0.15) is 11.8 Å². The fourth-order valence-corrected chi connectivity index (χ4v) is 3.26. The molecule has 0 aliphatic carbocycles. The molecule has 0 radical (unpaired) electrons. The monoisotopic (exact) mass is 282 g/mol. The van der Waals surface area contributed by atoms with Gasteiger partial charge in [0.1, 0.15) is 11.7 Å². The quantitative estimate of drug-likeness (QED) is 0.916. The molecule has 1 fully saturated rings. The van der Waals surface area contributed by atoms with Gasteiger partial charge in [-0.15, -0.1) is 0 Å². The Morgan fingerprint density at radius 1 is 1.47 bits per heavy atom. The molecule has 1 saturated heterocycles. The zero-order valence-electron chi connectivity index (χ0n) is 11.1. The average molecular weight is 282 g/mol. The van der Waals surface area contributed by atoms with Crippen LogP contribution in [-0.4, -0.2) is 50.5 Å². The summed E-state index contributed by atoms with van der Waals surface area (Å²) in [7, 11) is 0. The van der Waals surface area contributed by atoms with E-state index in [-0.39, 0.29) is 11.9 Å². The van der Waals surface area contributed by atoms with Crippen LogP contribution in [0.2, 0.25) is 0 Å². The van der Waals surface area contributed by atoms with E-state index in [0.717, 1.165) is 5.75 Å². The highest BCUT2D eigenvalue weighted by Gasteiger charge is 2.33. The molecule has 1 unspecified atom stereocenters. The molecule has 5 nitrogen and oxygen atoms in total. The molecule has 0 saturated carbocycles. The Morgan fingerprint density at radius 3 is 2.84 bits per heavy atom. The van der Waals surface area contributed by atoms with Crippen molar-refractivity contribution in [3.63, 3.8) is 0 Å². The third kappa shape index (κ3) is 2.78. The summed E-state index contributed by atoms with van der Waals surface area (Å²) in [5.74, 6) is 0.135. The second-order valence-corrected chi connectivity index (χ2v) is 5.97. The van der Waals surface area contributed by atoms with Crippen LogP contribution in [0.25, 0.3) is 0 Å². The van der Waals surface area contributed by atoms with Gasteiger partial charge >= 0.3 is 5.97 Å². The van der Waals surface area contributed by atoms with E-state index in [1.54, 1.807) is 17.8 Å². The van der Waals surface area contributed by atoms with Crippen molar-refractivity contribution in [3.8, 4) is 0 Å². The van der Waals surface area contributed by atoms with Gasteiger partial charge in [-0.3, -0.25) is 4.79 Å². The molecule has 0 spiro atoms. The summed E-state index contributed by atoms with van der Waals surface area (Å²) in [5.41, 5.74) is 0.563. The van der Waals surface area contributed by atoms with Crippen LogP contribution < -0.4 is 0 Å². The van der Waals surface area contributed by atoms with Crippen LogP contribution in [0.5, 0.6) is 0 Å². The number of hydrogen-bond donors (Lipinski definition) is 1. The van der Waals surface area contributed by atoms with Crippen LogP contribution in [-0.2, 0) is 4.79 Å². The second kappa shape index (κ2) is 5.69. The fraction of sp³-hybridized carbons (Fsp3) is 0.538. The largest absolute Gasteiger partial charge is 0.480 e. The zero-order valence-corrected chi connectivity index (χ0v) is 11.9. The summed E-state index contributed by atoms with van der Waals surface area (Å²) in [6, 6.07) is 3.03. The second-order valence-electron chi connectivity index (χ2n) is 4.82. The van der Waals surface area contributed by atoms with Gasteiger partial charge in [-0.05, 0) is 26.0 Å². The number of nitrogens with zero attached hydrogens (tertiary/aromatic N) is 2. The number of thioether (sulfide) groups is 1. The van der Waals surface area contributed by atoms with Crippen molar-refractivity contribution in [2.45, 2.75) is 25.9 Å². The number of hydrogen-bond acceptors (Lipinski definition) is 3. The molecule has 0 bridgehead atoms. The van der Waals surface area contributed by atoms with Crippen molar-refractivity contribution in [2.24, 2.45) is 0 Å². The number of carbonyl (C=O) groups excluding carboxylic acids is 1. The first kappa shape index (κ1) is 14.0. The molecule has 2 heterocycles. The lowest BCUT2D eigenvalue weighted by molar-refractivity contribution is -0.141. The number of aliphatic carboxylic acids is 1. The van der Waals surface area contributed by atoms with Gasteiger partial charge in [0.15, 0.2) is 0 Å². The van der Waals surface area contributed by atoms with Crippen LogP contribution in [0.15, 0.2) is 18.3 Å². The maximum absolute atomic E-state index is 12.5. The Morgan fingerprint density at radius 2 is 2.21 bits per heavy atom. The van der Waals surface area contributed by atoms with Gasteiger partial charge in [-0.1, -0.05) is 0 Å². The van der Waals surface area contributed by atoms with E-state index in [2.05, 4.69) is 0 Å². The van der Waals surface area contributed by atoms with Gasteiger partial charge in [0, 0.05) is 30.3 Å². The average Bonchev–Trinajstić information content (AvgIpc) is 2.87. The molecule has 19 heavy (non-hydrogen) atoms. The van der Waals surface area contributed by atoms with E-state index in [4.69, 9.17) is 0 Å². The van der Waals surface area contributed by atoms with E-state index in [0.29, 0.717) is 18.0 Å². The molecule has 0 aromatic carbocycles. The number of amides is 1. The molecular formula is C13H18N2O3S. The summed E-state index contributed by atoms with van der Waals surface area (Å²) in [4.78, 5) is 25.3. The number of rotatable bonds is 3. The maximum Gasteiger partial charge on any atom is 0.327 e. The van der Waals surface area contributed by atoms with E-state index in [1.807, 2.05) is 30.7 Å². The molecule has 6 heteroatoms. The van der Waals surface area contributed by atoms with Gasteiger partial charge in [-0.25, -0.2) is 4.79 Å². The minimum Gasteiger partial charge on any atom is -0.480 e. The lowest BCUT2D eigenvalue weighted by Crippen LogP contribution is -2.50. The highest BCUT2D eigenvalue weighted by Crippen LogP contribution is 2.21. The van der Waals surface area contributed by atoms with Crippen molar-refractivity contribution in [2.75, 3.05) is 18.1 Å². The van der Waals surface area contributed by atoms with Crippen molar-refractivity contribution in [1.82, 2.24) is 9.47 Å². The summed E-state index contributed by atoms with van der Waals surface area (Å²) in [6.45, 7) is 4.48. The van der Waals surface area contributed by atoms with E-state index < -0.39 is 12.0 Å². The topological polar surface area (TPSA) is 62.5 Å². The SMILES string of the molecule is CC(C)n1cccc1C(=O)N1CCSCC1C(=O)O. The number of carboxylic acids is 1. The number of carboxylic acid groups (broad SMARTS) is 1. The number of aromatic nitrogens is 1. The molecule has 1 aliphatic heterocycles. The molecule has 1 aromatic rings. The third-order valence-electron chi connectivity index (χ3n) is 3.23. The lowest BCUT2D eigenvalue weighted by Gasteiger charge is -2.33. The van der Waals surface area contributed by atoms with Crippen LogP contribution in [0, 0.1) is 0 Å². The Labute approximate surface area is 116 Å². The van der Waals surface area contributed by atoms with Gasteiger partial charge in [0.2, 0.25) is 0 Å². The first-order valence-electron chi connectivity index (χ1n) is 6.30. The van der Waals surface area contributed by atoms with Crippen molar-refractivity contribution < 1.29 is 14.7 Å². The van der Waals surface area contributed by atoms with Gasteiger partial charge < -0.3 is 14.6 Å². The normalized spacial score (nSPS) is 19.7.